The summed E-state index contributed by atoms with van der Waals surface area (Å²) in [6.07, 6.45) is 2.00. The molecule has 2 aromatic carbocycles. The van der Waals surface area contributed by atoms with Gasteiger partial charge in [0, 0.05) is 29.2 Å². The Hall–Kier alpha value is -3.11. The molecule has 0 atom stereocenters. The summed E-state index contributed by atoms with van der Waals surface area (Å²) >= 11 is -0.222. The Kier molecular flexibility index (Phi) is 7.85. The number of benzene rings is 2. The van der Waals surface area contributed by atoms with Gasteiger partial charge in [0.25, 0.3) is 5.91 Å². The molecule has 1 aromatic heterocycles. The number of aliphatic hydroxyl groups excluding tert-OH is 1. The van der Waals surface area contributed by atoms with Gasteiger partial charge >= 0.3 is 5.51 Å². The van der Waals surface area contributed by atoms with Crippen LogP contribution in [0.2, 0.25) is 0 Å². The summed E-state index contributed by atoms with van der Waals surface area (Å²) in [6, 6.07) is 14.2. The number of hydrogen-bond acceptors (Lipinski definition) is 4. The lowest BCUT2D eigenvalue weighted by Crippen LogP contribution is -2.40. The number of aromatic nitrogens is 2. The molecular formula is C26H25F4N3O2S. The third-order valence-electron chi connectivity index (χ3n) is 5.89. The predicted octanol–water partition coefficient (Wildman–Crippen LogP) is 5.92. The van der Waals surface area contributed by atoms with Crippen LogP contribution in [0.25, 0.3) is 11.9 Å². The fraction of sp³-hybridized carbons (Fsp3) is 0.308. The van der Waals surface area contributed by atoms with E-state index in [4.69, 9.17) is 0 Å². The van der Waals surface area contributed by atoms with E-state index in [1.165, 1.54) is 30.3 Å². The molecule has 0 bridgehead atoms. The molecule has 0 spiro atoms. The molecule has 1 N–H and O–H groups in total. The van der Waals surface area contributed by atoms with E-state index in [1.807, 2.05) is 6.07 Å². The average Bonchev–Trinajstić information content (AvgIpc) is 3.20. The minimum atomic E-state index is -4.38. The molecular weight excluding hydrogens is 494 g/mol. The largest absolute Gasteiger partial charge is 0.446 e. The van der Waals surface area contributed by atoms with E-state index < -0.39 is 11.3 Å². The van der Waals surface area contributed by atoms with Crippen LogP contribution in [0.1, 0.15) is 45.7 Å². The van der Waals surface area contributed by atoms with Crippen molar-refractivity contribution in [3.63, 3.8) is 0 Å². The van der Waals surface area contributed by atoms with Gasteiger partial charge in [-0.3, -0.25) is 9.48 Å². The van der Waals surface area contributed by atoms with E-state index in [-0.39, 0.29) is 34.4 Å². The van der Waals surface area contributed by atoms with Crippen molar-refractivity contribution in [3.05, 3.63) is 82.7 Å². The Labute approximate surface area is 210 Å². The SMILES string of the molecule is Cc1cc(C(F)=Cc2ccc(SC(F)(F)F)cc2)nn1Cc1cccc(C(=O)N2CCC(O)CC2)c1. The summed E-state index contributed by atoms with van der Waals surface area (Å²) in [4.78, 5) is 14.6. The van der Waals surface area contributed by atoms with Gasteiger partial charge in [0.15, 0.2) is 5.83 Å². The zero-order valence-electron chi connectivity index (χ0n) is 19.5. The Morgan fingerprint density at radius 2 is 1.83 bits per heavy atom. The first-order chi connectivity index (χ1) is 17.1. The first-order valence-corrected chi connectivity index (χ1v) is 12.2. The highest BCUT2D eigenvalue weighted by Crippen LogP contribution is 2.37. The van der Waals surface area contributed by atoms with Crippen molar-refractivity contribution in [2.24, 2.45) is 0 Å². The van der Waals surface area contributed by atoms with Crippen molar-refractivity contribution in [1.29, 1.82) is 0 Å². The molecule has 0 radical (unpaired) electrons. The van der Waals surface area contributed by atoms with Gasteiger partial charge in [0.05, 0.1) is 12.6 Å². The number of rotatable bonds is 6. The predicted molar refractivity (Wildman–Crippen MR) is 131 cm³/mol. The van der Waals surface area contributed by atoms with E-state index in [9.17, 15) is 27.5 Å². The molecule has 0 unspecified atom stereocenters. The number of halogens is 4. The molecule has 2 heterocycles. The third kappa shape index (κ3) is 6.76. The normalized spacial score (nSPS) is 15.4. The standard InChI is InChI=1S/C26H25F4N3O2S/c1-17-13-24(23(27)15-18-5-7-22(8-6-18)36-26(28,29)30)31-33(17)16-19-3-2-4-20(14-19)25(35)32-11-9-21(34)10-12-32/h2-8,13-15,21,34H,9-12,16H2,1H3. The van der Waals surface area contributed by atoms with Gasteiger partial charge < -0.3 is 10.0 Å². The lowest BCUT2D eigenvalue weighted by Gasteiger charge is -2.29. The molecule has 3 aromatic rings. The van der Waals surface area contributed by atoms with Crippen molar-refractivity contribution < 1.29 is 27.5 Å². The maximum absolute atomic E-state index is 14.9. The van der Waals surface area contributed by atoms with Gasteiger partial charge in [-0.15, -0.1) is 0 Å². The fourth-order valence-electron chi connectivity index (χ4n) is 4.00. The van der Waals surface area contributed by atoms with Crippen LogP contribution in [0.5, 0.6) is 0 Å². The Bertz CT molecular complexity index is 1250. The van der Waals surface area contributed by atoms with Crippen LogP contribution in [-0.2, 0) is 6.54 Å². The second kappa shape index (κ2) is 10.9. The van der Waals surface area contributed by atoms with Crippen molar-refractivity contribution in [2.75, 3.05) is 13.1 Å². The number of aryl methyl sites for hydroxylation is 1. The van der Waals surface area contributed by atoms with Crippen LogP contribution < -0.4 is 0 Å². The number of amides is 1. The molecule has 1 fully saturated rings. The molecule has 36 heavy (non-hydrogen) atoms. The second-order valence-corrected chi connectivity index (χ2v) is 9.80. The molecule has 190 valence electrons. The first kappa shape index (κ1) is 26.0. The van der Waals surface area contributed by atoms with Crippen LogP contribution in [0.3, 0.4) is 0 Å². The van der Waals surface area contributed by atoms with Gasteiger partial charge in [-0.05, 0) is 79.1 Å². The zero-order chi connectivity index (χ0) is 25.9. The third-order valence-corrected chi connectivity index (χ3v) is 6.63. The summed E-state index contributed by atoms with van der Waals surface area (Å²) in [6.45, 7) is 3.16. The van der Waals surface area contributed by atoms with E-state index in [2.05, 4.69) is 5.10 Å². The zero-order valence-corrected chi connectivity index (χ0v) is 20.3. The lowest BCUT2D eigenvalue weighted by atomic mass is 10.1. The smallest absolute Gasteiger partial charge is 0.393 e. The van der Waals surface area contributed by atoms with Crippen LogP contribution in [-0.4, -0.2) is 50.4 Å². The number of likely N-dealkylation sites (tertiary alicyclic amines) is 1. The Morgan fingerprint density at radius 1 is 1.14 bits per heavy atom. The number of alkyl halides is 3. The minimum absolute atomic E-state index is 0.0266. The molecule has 1 aliphatic heterocycles. The second-order valence-electron chi connectivity index (χ2n) is 8.66. The first-order valence-electron chi connectivity index (χ1n) is 11.4. The van der Waals surface area contributed by atoms with Gasteiger partial charge in [-0.1, -0.05) is 24.3 Å². The highest BCUT2D eigenvalue weighted by atomic mass is 32.2. The summed E-state index contributed by atoms with van der Waals surface area (Å²) in [7, 11) is 0. The highest BCUT2D eigenvalue weighted by Gasteiger charge is 2.29. The number of hydrogen-bond donors (Lipinski definition) is 1. The van der Waals surface area contributed by atoms with E-state index >= 15 is 0 Å². The van der Waals surface area contributed by atoms with Crippen molar-refractivity contribution in [2.45, 2.75) is 42.8 Å². The number of carbonyl (C=O) groups excluding carboxylic acids is 1. The topological polar surface area (TPSA) is 58.4 Å². The van der Waals surface area contributed by atoms with Crippen LogP contribution in [0.15, 0.2) is 59.5 Å². The molecule has 5 nitrogen and oxygen atoms in total. The maximum atomic E-state index is 14.9. The molecule has 0 saturated carbocycles. The van der Waals surface area contributed by atoms with Crippen molar-refractivity contribution in [1.82, 2.24) is 14.7 Å². The molecule has 1 amide bonds. The van der Waals surface area contributed by atoms with Crippen molar-refractivity contribution >= 4 is 29.6 Å². The van der Waals surface area contributed by atoms with E-state index in [1.54, 1.807) is 40.8 Å². The average molecular weight is 520 g/mol. The highest BCUT2D eigenvalue weighted by molar-refractivity contribution is 8.00. The van der Waals surface area contributed by atoms with Gasteiger partial charge in [0.2, 0.25) is 0 Å². The number of thioether (sulfide) groups is 1. The summed E-state index contributed by atoms with van der Waals surface area (Å²) in [5, 5.41) is 14.0. The number of aliphatic hydroxyl groups is 1. The molecule has 4 rings (SSSR count). The Balaban J connectivity index is 1.45. The van der Waals surface area contributed by atoms with E-state index in [0.29, 0.717) is 49.3 Å². The monoisotopic (exact) mass is 519 g/mol. The Morgan fingerprint density at radius 3 is 2.50 bits per heavy atom. The maximum Gasteiger partial charge on any atom is 0.446 e. The summed E-state index contributed by atoms with van der Waals surface area (Å²) in [5.41, 5.74) is -1.75. The lowest BCUT2D eigenvalue weighted by molar-refractivity contribution is -0.0328. The van der Waals surface area contributed by atoms with Crippen LogP contribution >= 0.6 is 11.8 Å². The molecule has 1 aliphatic rings. The van der Waals surface area contributed by atoms with Gasteiger partial charge in [0.1, 0.15) is 5.69 Å². The van der Waals surface area contributed by atoms with Gasteiger partial charge in [-0.2, -0.15) is 18.3 Å². The fourth-order valence-corrected chi connectivity index (χ4v) is 4.54. The van der Waals surface area contributed by atoms with Crippen molar-refractivity contribution in [3.8, 4) is 0 Å². The van der Waals surface area contributed by atoms with Gasteiger partial charge in [-0.25, -0.2) is 4.39 Å². The molecule has 0 aliphatic carbocycles. The summed E-state index contributed by atoms with van der Waals surface area (Å²) < 4.78 is 53.9. The molecule has 10 heteroatoms. The number of piperidine rings is 1. The van der Waals surface area contributed by atoms with Crippen LogP contribution in [0.4, 0.5) is 17.6 Å². The number of carbonyl (C=O) groups is 1. The summed E-state index contributed by atoms with van der Waals surface area (Å²) in [5.74, 6) is -0.695. The molecule has 1 saturated heterocycles. The minimum Gasteiger partial charge on any atom is -0.393 e. The quantitative estimate of drug-likeness (QED) is 0.325. The van der Waals surface area contributed by atoms with E-state index in [0.717, 1.165) is 5.56 Å². The van der Waals surface area contributed by atoms with Crippen LogP contribution in [0, 0.1) is 6.92 Å². The number of nitrogens with zero attached hydrogens (tertiary/aromatic N) is 3.